The predicted octanol–water partition coefficient (Wildman–Crippen LogP) is 2.81. The van der Waals surface area contributed by atoms with Gasteiger partial charge in [-0.2, -0.15) is 0 Å². The topological polar surface area (TPSA) is 52.9 Å². The summed E-state index contributed by atoms with van der Waals surface area (Å²) < 4.78 is 0. The molecule has 1 unspecified atom stereocenters. The van der Waals surface area contributed by atoms with Crippen molar-refractivity contribution >= 4 is 28.9 Å². The molecule has 4 nitrogen and oxygen atoms in total. The number of halogens is 1. The van der Waals surface area contributed by atoms with E-state index in [4.69, 9.17) is 16.8 Å². The van der Waals surface area contributed by atoms with Crippen LogP contribution < -0.4 is 4.90 Å². The molecule has 5 heteroatoms. The molecule has 18 heavy (non-hydrogen) atoms. The summed E-state index contributed by atoms with van der Waals surface area (Å²) in [6, 6.07) is 7.52. The van der Waals surface area contributed by atoms with Crippen LogP contribution in [0.2, 0.25) is 0 Å². The van der Waals surface area contributed by atoms with Crippen LogP contribution in [0.4, 0.5) is 5.69 Å². The molecule has 0 bridgehead atoms. The van der Waals surface area contributed by atoms with Crippen molar-refractivity contribution in [3.63, 3.8) is 0 Å². The van der Waals surface area contributed by atoms with Gasteiger partial charge >= 0.3 is 0 Å². The number of anilines is 1. The number of hydrogen-bond acceptors (Lipinski definition) is 3. The van der Waals surface area contributed by atoms with Crippen molar-refractivity contribution < 1.29 is 10.0 Å². The van der Waals surface area contributed by atoms with Crippen LogP contribution in [0.15, 0.2) is 29.4 Å². The van der Waals surface area contributed by atoms with Crippen LogP contribution in [-0.2, 0) is 4.79 Å². The van der Waals surface area contributed by atoms with Gasteiger partial charge < -0.3 is 10.1 Å². The monoisotopic (exact) mass is 268 g/mol. The molecule has 98 valence electrons. The second-order valence-corrected chi connectivity index (χ2v) is 4.82. The Morgan fingerprint density at radius 2 is 2.11 bits per heavy atom. The minimum Gasteiger partial charge on any atom is -0.411 e. The van der Waals surface area contributed by atoms with Crippen molar-refractivity contribution in [2.24, 2.45) is 5.16 Å². The van der Waals surface area contributed by atoms with Crippen molar-refractivity contribution in [1.29, 1.82) is 0 Å². The van der Waals surface area contributed by atoms with Crippen molar-refractivity contribution in [3.05, 3.63) is 29.8 Å². The lowest BCUT2D eigenvalue weighted by Gasteiger charge is -2.25. The van der Waals surface area contributed by atoms with Gasteiger partial charge in [-0.05, 0) is 32.4 Å². The first-order valence-corrected chi connectivity index (χ1v) is 6.09. The standard InChI is InChI=1S/C13H17ClN2O2/c1-9-6-4-5-7-12(9)16(8-10(2)15-18)13(17)11(3)14/h4-7,11,18H,8H2,1-3H3. The maximum atomic E-state index is 12.1. The van der Waals surface area contributed by atoms with Crippen molar-refractivity contribution in [2.75, 3.05) is 11.4 Å². The first-order valence-electron chi connectivity index (χ1n) is 5.66. The van der Waals surface area contributed by atoms with Crippen LogP contribution in [-0.4, -0.2) is 28.7 Å². The van der Waals surface area contributed by atoms with Crippen LogP contribution >= 0.6 is 11.6 Å². The van der Waals surface area contributed by atoms with Crippen LogP contribution in [0.5, 0.6) is 0 Å². The van der Waals surface area contributed by atoms with Gasteiger partial charge in [-0.25, -0.2) is 0 Å². The first-order chi connectivity index (χ1) is 8.47. The fourth-order valence-electron chi connectivity index (χ4n) is 1.62. The molecule has 0 radical (unpaired) electrons. The zero-order valence-corrected chi connectivity index (χ0v) is 11.5. The molecule has 0 spiro atoms. The third-order valence-corrected chi connectivity index (χ3v) is 2.76. The van der Waals surface area contributed by atoms with Gasteiger partial charge in [-0.15, -0.1) is 11.6 Å². The number of carbonyl (C=O) groups excluding carboxylic acids is 1. The van der Waals surface area contributed by atoms with E-state index in [-0.39, 0.29) is 12.5 Å². The summed E-state index contributed by atoms with van der Waals surface area (Å²) >= 11 is 5.86. The Morgan fingerprint density at radius 1 is 1.50 bits per heavy atom. The summed E-state index contributed by atoms with van der Waals surface area (Å²) in [7, 11) is 0. The van der Waals surface area contributed by atoms with Gasteiger partial charge in [0, 0.05) is 5.69 Å². The average molecular weight is 269 g/mol. The molecule has 1 aromatic carbocycles. The van der Waals surface area contributed by atoms with E-state index in [1.54, 1.807) is 13.8 Å². The molecular formula is C13H17ClN2O2. The Labute approximate surface area is 112 Å². The molecule has 0 heterocycles. The number of amides is 1. The molecule has 0 aliphatic carbocycles. The highest BCUT2D eigenvalue weighted by Gasteiger charge is 2.22. The fourth-order valence-corrected chi connectivity index (χ4v) is 1.74. The lowest BCUT2D eigenvalue weighted by molar-refractivity contribution is -0.117. The fraction of sp³-hybridized carbons (Fsp3) is 0.385. The molecule has 1 rings (SSSR count). The quantitative estimate of drug-likeness (QED) is 0.395. The van der Waals surface area contributed by atoms with Gasteiger partial charge in [-0.3, -0.25) is 4.79 Å². The van der Waals surface area contributed by atoms with E-state index < -0.39 is 5.38 Å². The Hall–Kier alpha value is -1.55. The van der Waals surface area contributed by atoms with E-state index in [9.17, 15) is 4.79 Å². The van der Waals surface area contributed by atoms with Gasteiger partial charge in [0.2, 0.25) is 5.91 Å². The van der Waals surface area contributed by atoms with Crippen LogP contribution in [0.25, 0.3) is 0 Å². The van der Waals surface area contributed by atoms with E-state index in [0.29, 0.717) is 5.71 Å². The van der Waals surface area contributed by atoms with Gasteiger partial charge in [0.1, 0.15) is 5.38 Å². The minimum atomic E-state index is -0.629. The molecule has 0 saturated carbocycles. The Bertz CT molecular complexity index is 458. The third kappa shape index (κ3) is 3.47. The molecule has 0 saturated heterocycles. The van der Waals surface area contributed by atoms with Crippen molar-refractivity contribution in [2.45, 2.75) is 26.1 Å². The number of carbonyl (C=O) groups is 1. The van der Waals surface area contributed by atoms with Gasteiger partial charge in [-0.1, -0.05) is 23.4 Å². The van der Waals surface area contributed by atoms with E-state index >= 15 is 0 Å². The molecular weight excluding hydrogens is 252 g/mol. The van der Waals surface area contributed by atoms with E-state index in [1.807, 2.05) is 31.2 Å². The number of alkyl halides is 1. The third-order valence-electron chi connectivity index (χ3n) is 2.57. The smallest absolute Gasteiger partial charge is 0.245 e. The predicted molar refractivity (Wildman–Crippen MR) is 73.7 cm³/mol. The summed E-state index contributed by atoms with van der Waals surface area (Å²) in [6.07, 6.45) is 0. The number of hydrogen-bond donors (Lipinski definition) is 1. The number of nitrogens with zero attached hydrogens (tertiary/aromatic N) is 2. The molecule has 0 aliphatic rings. The second kappa shape index (κ2) is 6.40. The second-order valence-electron chi connectivity index (χ2n) is 4.16. The molecule has 0 aromatic heterocycles. The number of oxime groups is 1. The first kappa shape index (κ1) is 14.5. The van der Waals surface area contributed by atoms with Gasteiger partial charge in [0.25, 0.3) is 0 Å². The van der Waals surface area contributed by atoms with E-state index in [2.05, 4.69) is 5.16 Å². The number of aryl methyl sites for hydroxylation is 1. The van der Waals surface area contributed by atoms with Crippen LogP contribution in [0.1, 0.15) is 19.4 Å². The Balaban J connectivity index is 3.12. The zero-order valence-electron chi connectivity index (χ0n) is 10.7. The maximum Gasteiger partial charge on any atom is 0.245 e. The largest absolute Gasteiger partial charge is 0.411 e. The molecule has 0 fully saturated rings. The number of benzene rings is 1. The molecule has 1 atom stereocenters. The molecule has 1 N–H and O–H groups in total. The highest BCUT2D eigenvalue weighted by Crippen LogP contribution is 2.21. The maximum absolute atomic E-state index is 12.1. The van der Waals surface area contributed by atoms with E-state index in [1.165, 1.54) is 4.90 Å². The average Bonchev–Trinajstić information content (AvgIpc) is 2.35. The lowest BCUT2D eigenvalue weighted by Crippen LogP contribution is -2.39. The van der Waals surface area contributed by atoms with Crippen LogP contribution in [0.3, 0.4) is 0 Å². The lowest BCUT2D eigenvalue weighted by atomic mass is 10.1. The van der Waals surface area contributed by atoms with Gasteiger partial charge in [0.15, 0.2) is 0 Å². The SMILES string of the molecule is CC(CN(C(=O)C(C)Cl)c1ccccc1C)=NO. The molecule has 0 aliphatic heterocycles. The van der Waals surface area contributed by atoms with Crippen molar-refractivity contribution in [1.82, 2.24) is 0 Å². The van der Waals surface area contributed by atoms with Gasteiger partial charge in [0.05, 0.1) is 12.3 Å². The summed E-state index contributed by atoms with van der Waals surface area (Å²) in [4.78, 5) is 13.6. The molecule has 1 amide bonds. The zero-order chi connectivity index (χ0) is 13.7. The minimum absolute atomic E-state index is 0.214. The number of rotatable bonds is 4. The highest BCUT2D eigenvalue weighted by atomic mass is 35.5. The normalized spacial score (nSPS) is 13.2. The summed E-state index contributed by atoms with van der Waals surface area (Å²) in [6.45, 7) is 5.41. The summed E-state index contributed by atoms with van der Waals surface area (Å²) in [5.74, 6) is -0.214. The van der Waals surface area contributed by atoms with Crippen LogP contribution in [0, 0.1) is 6.92 Å². The Kier molecular flexibility index (Phi) is 5.16. The van der Waals surface area contributed by atoms with E-state index in [0.717, 1.165) is 11.3 Å². The summed E-state index contributed by atoms with van der Waals surface area (Å²) in [5, 5.41) is 11.2. The summed E-state index contributed by atoms with van der Waals surface area (Å²) in [5.41, 5.74) is 2.19. The van der Waals surface area contributed by atoms with Crippen molar-refractivity contribution in [3.8, 4) is 0 Å². The number of para-hydroxylation sites is 1. The molecule has 1 aromatic rings. The Morgan fingerprint density at radius 3 is 2.61 bits per heavy atom. The highest BCUT2D eigenvalue weighted by molar-refractivity contribution is 6.32.